The average Bonchev–Trinajstić information content (AvgIpc) is 2.50. The number of hydrogen-bond donors (Lipinski definition) is 2. The van der Waals surface area contributed by atoms with Crippen LogP contribution in [0.25, 0.3) is 0 Å². The van der Waals surface area contributed by atoms with E-state index >= 15 is 0 Å². The molecule has 2 aromatic carbocycles. The summed E-state index contributed by atoms with van der Waals surface area (Å²) < 4.78 is 12.0. The Kier molecular flexibility index (Phi) is 6.52. The van der Waals surface area contributed by atoms with Gasteiger partial charge in [0.15, 0.2) is 0 Å². The van der Waals surface area contributed by atoms with Gasteiger partial charge in [-0.05, 0) is 91.7 Å². The molecule has 0 spiro atoms. The topological polar surface area (TPSA) is 67.8 Å². The smallest absolute Gasteiger partial charge is 0.407 e. The van der Waals surface area contributed by atoms with Crippen LogP contribution in [0.1, 0.15) is 26.3 Å². The van der Waals surface area contributed by atoms with Crippen molar-refractivity contribution in [2.24, 2.45) is 0 Å². The van der Waals surface area contributed by atoms with E-state index in [-0.39, 0.29) is 5.75 Å². The maximum atomic E-state index is 11.6. The zero-order valence-electron chi connectivity index (χ0n) is 14.5. The molecule has 2 N–H and O–H groups in total. The molecule has 1 amide bonds. The second-order valence-electron chi connectivity index (χ2n) is 6.54. The molecule has 6 heteroatoms. The molecule has 0 atom stereocenters. The van der Waals surface area contributed by atoms with Gasteiger partial charge in [-0.1, -0.05) is 6.07 Å². The highest BCUT2D eigenvalue weighted by Gasteiger charge is 2.15. The molecule has 0 saturated heterocycles. The molecule has 2 rings (SSSR count). The minimum atomic E-state index is -0.493. The average molecular weight is 455 g/mol. The molecule has 5 nitrogen and oxygen atoms in total. The molecule has 2 aromatic rings. The Balaban J connectivity index is 1.88. The van der Waals surface area contributed by atoms with Gasteiger partial charge in [0.25, 0.3) is 0 Å². The van der Waals surface area contributed by atoms with Gasteiger partial charge in [-0.2, -0.15) is 0 Å². The van der Waals surface area contributed by atoms with E-state index in [9.17, 15) is 9.90 Å². The first-order valence-corrected chi connectivity index (χ1v) is 9.03. The molecule has 0 radical (unpaired) electrons. The fourth-order valence-electron chi connectivity index (χ4n) is 2.05. The van der Waals surface area contributed by atoms with Crippen LogP contribution in [0.4, 0.5) is 4.79 Å². The molecule has 134 valence electrons. The Bertz CT molecular complexity index is 723. The van der Waals surface area contributed by atoms with Crippen LogP contribution < -0.4 is 10.1 Å². The Labute approximate surface area is 161 Å². The maximum Gasteiger partial charge on any atom is 0.407 e. The highest BCUT2D eigenvalue weighted by molar-refractivity contribution is 14.1. The van der Waals surface area contributed by atoms with Crippen molar-refractivity contribution in [1.29, 1.82) is 0 Å². The maximum absolute atomic E-state index is 11.6. The number of rotatable bonds is 5. The predicted molar refractivity (Wildman–Crippen MR) is 105 cm³/mol. The molecular formula is C19H22INO4. The summed E-state index contributed by atoms with van der Waals surface area (Å²) in [4.78, 5) is 11.6. The van der Waals surface area contributed by atoms with E-state index in [1.807, 2.05) is 39.0 Å². The number of alkyl carbamates (subject to hydrolysis) is 1. The Morgan fingerprint density at radius 2 is 1.84 bits per heavy atom. The van der Waals surface area contributed by atoms with Crippen molar-refractivity contribution in [3.05, 3.63) is 51.6 Å². The van der Waals surface area contributed by atoms with Gasteiger partial charge in [0.05, 0.1) is 3.57 Å². The van der Waals surface area contributed by atoms with E-state index in [0.717, 1.165) is 14.9 Å². The van der Waals surface area contributed by atoms with E-state index in [1.165, 1.54) is 0 Å². The molecule has 0 saturated carbocycles. The lowest BCUT2D eigenvalue weighted by Gasteiger charge is -2.19. The van der Waals surface area contributed by atoms with Crippen molar-refractivity contribution in [3.8, 4) is 17.2 Å². The number of nitrogens with one attached hydrogen (secondary N) is 1. The predicted octanol–water partition coefficient (Wildman–Crippen LogP) is 4.86. The lowest BCUT2D eigenvalue weighted by Crippen LogP contribution is -2.33. The van der Waals surface area contributed by atoms with Crippen molar-refractivity contribution in [2.45, 2.75) is 32.8 Å². The van der Waals surface area contributed by atoms with Crippen LogP contribution in [0.2, 0.25) is 0 Å². The van der Waals surface area contributed by atoms with Crippen LogP contribution in [-0.4, -0.2) is 23.3 Å². The van der Waals surface area contributed by atoms with Crippen molar-refractivity contribution in [3.63, 3.8) is 0 Å². The Morgan fingerprint density at radius 3 is 2.44 bits per heavy atom. The summed E-state index contributed by atoms with van der Waals surface area (Å²) in [6, 6.07) is 12.5. The molecule has 25 heavy (non-hydrogen) atoms. The van der Waals surface area contributed by atoms with Crippen molar-refractivity contribution < 1.29 is 19.4 Å². The second kappa shape index (κ2) is 8.42. The summed E-state index contributed by atoms with van der Waals surface area (Å²) in [5.74, 6) is 1.61. The van der Waals surface area contributed by atoms with Gasteiger partial charge in [0.1, 0.15) is 22.8 Å². The second-order valence-corrected chi connectivity index (χ2v) is 7.70. The van der Waals surface area contributed by atoms with Crippen LogP contribution in [0.15, 0.2) is 42.5 Å². The summed E-state index contributed by atoms with van der Waals surface area (Å²) in [6.07, 6.45) is 0.295. The molecule has 0 aliphatic carbocycles. The fourth-order valence-corrected chi connectivity index (χ4v) is 2.74. The minimum absolute atomic E-state index is 0.204. The van der Waals surface area contributed by atoms with Crippen molar-refractivity contribution >= 4 is 28.7 Å². The number of carbonyl (C=O) groups excluding carboxylic acids is 1. The number of benzene rings is 2. The third kappa shape index (κ3) is 6.81. The van der Waals surface area contributed by atoms with Crippen LogP contribution in [0, 0.1) is 3.57 Å². The number of aromatic hydroxyl groups is 1. The number of hydrogen-bond acceptors (Lipinski definition) is 4. The number of ether oxygens (including phenoxy) is 2. The Morgan fingerprint density at radius 1 is 1.16 bits per heavy atom. The molecule has 0 aliphatic rings. The largest absolute Gasteiger partial charge is 0.508 e. The van der Waals surface area contributed by atoms with Gasteiger partial charge in [-0.3, -0.25) is 0 Å². The van der Waals surface area contributed by atoms with Gasteiger partial charge in [-0.25, -0.2) is 4.79 Å². The molecule has 0 aromatic heterocycles. The van der Waals surface area contributed by atoms with E-state index in [4.69, 9.17) is 9.47 Å². The molecule has 0 aliphatic heterocycles. The lowest BCUT2D eigenvalue weighted by atomic mass is 10.1. The van der Waals surface area contributed by atoms with Crippen LogP contribution >= 0.6 is 22.6 Å². The SMILES string of the molecule is CC(C)(C)OC(=O)NCCc1ccc(Oc2ccc(O)cc2)c(I)c1. The van der Waals surface area contributed by atoms with E-state index < -0.39 is 11.7 Å². The summed E-state index contributed by atoms with van der Waals surface area (Å²) in [6.45, 7) is 6.01. The van der Waals surface area contributed by atoms with Crippen LogP contribution in [0.3, 0.4) is 0 Å². The molecule has 0 heterocycles. The quantitative estimate of drug-likeness (QED) is 0.633. The van der Waals surface area contributed by atoms with Crippen LogP contribution in [0.5, 0.6) is 17.2 Å². The number of carbonyl (C=O) groups is 1. The first kappa shape index (κ1) is 19.4. The molecule has 0 bridgehead atoms. The standard InChI is InChI=1S/C19H22INO4/c1-19(2,3)25-18(23)21-11-10-13-4-9-17(16(20)12-13)24-15-7-5-14(22)6-8-15/h4-9,12,22H,10-11H2,1-3H3,(H,21,23). The monoisotopic (exact) mass is 455 g/mol. The van der Waals surface area contributed by atoms with Gasteiger partial charge >= 0.3 is 6.09 Å². The number of halogens is 1. The van der Waals surface area contributed by atoms with E-state index in [1.54, 1.807) is 24.3 Å². The number of amides is 1. The van der Waals surface area contributed by atoms with Gasteiger partial charge in [-0.15, -0.1) is 0 Å². The summed E-state index contributed by atoms with van der Waals surface area (Å²) in [7, 11) is 0. The number of phenolic OH excluding ortho intramolecular Hbond substituents is 1. The molecular weight excluding hydrogens is 433 g/mol. The molecule has 0 fully saturated rings. The highest BCUT2D eigenvalue weighted by atomic mass is 127. The van der Waals surface area contributed by atoms with Gasteiger partial charge in [0.2, 0.25) is 0 Å². The highest BCUT2D eigenvalue weighted by Crippen LogP contribution is 2.28. The zero-order chi connectivity index (χ0) is 18.4. The fraction of sp³-hybridized carbons (Fsp3) is 0.316. The zero-order valence-corrected chi connectivity index (χ0v) is 16.7. The van der Waals surface area contributed by atoms with Gasteiger partial charge < -0.3 is 19.9 Å². The number of phenols is 1. The summed E-state index contributed by atoms with van der Waals surface area (Å²) in [5, 5.41) is 12.0. The summed E-state index contributed by atoms with van der Waals surface area (Å²) >= 11 is 2.22. The third-order valence-corrected chi connectivity index (χ3v) is 3.99. The minimum Gasteiger partial charge on any atom is -0.508 e. The van der Waals surface area contributed by atoms with E-state index in [0.29, 0.717) is 18.7 Å². The van der Waals surface area contributed by atoms with Gasteiger partial charge in [0, 0.05) is 6.54 Å². The first-order valence-electron chi connectivity index (χ1n) is 7.95. The lowest BCUT2D eigenvalue weighted by molar-refractivity contribution is 0.0528. The van der Waals surface area contributed by atoms with Crippen molar-refractivity contribution in [1.82, 2.24) is 5.32 Å². The van der Waals surface area contributed by atoms with Crippen molar-refractivity contribution in [2.75, 3.05) is 6.54 Å². The van der Waals surface area contributed by atoms with E-state index in [2.05, 4.69) is 27.9 Å². The van der Waals surface area contributed by atoms with Crippen LogP contribution in [-0.2, 0) is 11.2 Å². The molecule has 0 unspecified atom stereocenters. The Hall–Kier alpha value is -1.96. The summed E-state index contributed by atoms with van der Waals surface area (Å²) in [5.41, 5.74) is 0.602. The third-order valence-electron chi connectivity index (χ3n) is 3.14. The normalized spacial score (nSPS) is 11.0. The first-order chi connectivity index (χ1) is 11.7.